The molecule has 0 unspecified atom stereocenters. The molecule has 3 heteroatoms. The van der Waals surface area contributed by atoms with E-state index in [4.69, 9.17) is 4.74 Å². The molecule has 1 amide bonds. The molecule has 0 aromatic heterocycles. The third kappa shape index (κ3) is 2.66. The van der Waals surface area contributed by atoms with Crippen molar-refractivity contribution in [3.8, 4) is 5.75 Å². The van der Waals surface area contributed by atoms with E-state index in [1.54, 1.807) is 7.11 Å². The molecule has 2 rings (SSSR count). The van der Waals surface area contributed by atoms with E-state index >= 15 is 0 Å². The molecule has 1 heterocycles. The number of hydrogen-bond donors (Lipinski definition) is 0. The fourth-order valence-electron chi connectivity index (χ4n) is 2.41. The summed E-state index contributed by atoms with van der Waals surface area (Å²) >= 11 is 0. The third-order valence-electron chi connectivity index (χ3n) is 3.71. The predicted octanol–water partition coefficient (Wildman–Crippen LogP) is 2.88. The van der Waals surface area contributed by atoms with Gasteiger partial charge in [0.2, 0.25) is 0 Å². The Labute approximate surface area is 109 Å². The van der Waals surface area contributed by atoms with Crippen LogP contribution < -0.4 is 4.74 Å². The molecule has 1 aliphatic heterocycles. The van der Waals surface area contributed by atoms with Crippen molar-refractivity contribution < 1.29 is 9.53 Å². The number of ether oxygens (including phenoxy) is 1. The second kappa shape index (κ2) is 5.42. The van der Waals surface area contributed by atoms with Crippen LogP contribution in [0.2, 0.25) is 0 Å². The van der Waals surface area contributed by atoms with Crippen molar-refractivity contribution in [2.24, 2.45) is 5.92 Å². The Morgan fingerprint density at radius 2 is 2.00 bits per heavy atom. The quantitative estimate of drug-likeness (QED) is 0.804. The maximum Gasteiger partial charge on any atom is 0.253 e. The highest BCUT2D eigenvalue weighted by Gasteiger charge is 2.21. The second-order valence-electron chi connectivity index (χ2n) is 5.16. The Hall–Kier alpha value is -1.51. The molecule has 1 saturated heterocycles. The van der Waals surface area contributed by atoms with Gasteiger partial charge in [-0.25, -0.2) is 0 Å². The highest BCUT2D eigenvalue weighted by Crippen LogP contribution is 2.22. The lowest BCUT2D eigenvalue weighted by Gasteiger charge is -2.30. The van der Waals surface area contributed by atoms with Crippen LogP contribution in [0.15, 0.2) is 18.2 Å². The number of amides is 1. The monoisotopic (exact) mass is 247 g/mol. The van der Waals surface area contributed by atoms with Gasteiger partial charge in [0.25, 0.3) is 5.91 Å². The standard InChI is InChI=1S/C15H21NO2/c1-11-6-8-16(9-7-11)15(17)13-4-5-14(18-3)12(2)10-13/h4-5,10-11H,6-9H2,1-3H3. The van der Waals surface area contributed by atoms with Gasteiger partial charge in [0.15, 0.2) is 0 Å². The van der Waals surface area contributed by atoms with E-state index in [1.807, 2.05) is 30.0 Å². The molecule has 18 heavy (non-hydrogen) atoms. The van der Waals surface area contributed by atoms with E-state index < -0.39 is 0 Å². The molecule has 1 aromatic carbocycles. The van der Waals surface area contributed by atoms with Crippen LogP contribution in [0.1, 0.15) is 35.7 Å². The van der Waals surface area contributed by atoms with Crippen molar-refractivity contribution >= 4 is 5.91 Å². The molecule has 1 aliphatic rings. The maximum absolute atomic E-state index is 12.3. The van der Waals surface area contributed by atoms with Gasteiger partial charge in [-0.2, -0.15) is 0 Å². The fourth-order valence-corrected chi connectivity index (χ4v) is 2.41. The first kappa shape index (κ1) is 12.9. The second-order valence-corrected chi connectivity index (χ2v) is 5.16. The number of carbonyl (C=O) groups excluding carboxylic acids is 1. The lowest BCUT2D eigenvalue weighted by atomic mass is 9.98. The summed E-state index contributed by atoms with van der Waals surface area (Å²) in [6, 6.07) is 5.64. The minimum atomic E-state index is 0.146. The molecule has 0 N–H and O–H groups in total. The maximum atomic E-state index is 12.3. The first-order valence-electron chi connectivity index (χ1n) is 6.55. The fraction of sp³-hybridized carbons (Fsp3) is 0.533. The summed E-state index contributed by atoms with van der Waals surface area (Å²) in [4.78, 5) is 14.3. The van der Waals surface area contributed by atoms with Crippen molar-refractivity contribution in [1.82, 2.24) is 4.90 Å². The molecule has 98 valence electrons. The van der Waals surface area contributed by atoms with Crippen molar-refractivity contribution in [2.45, 2.75) is 26.7 Å². The van der Waals surface area contributed by atoms with Crippen LogP contribution >= 0.6 is 0 Å². The average Bonchev–Trinajstić information content (AvgIpc) is 2.38. The minimum Gasteiger partial charge on any atom is -0.496 e. The first-order chi connectivity index (χ1) is 8.61. The van der Waals surface area contributed by atoms with Crippen LogP contribution in [0.5, 0.6) is 5.75 Å². The van der Waals surface area contributed by atoms with Gasteiger partial charge < -0.3 is 9.64 Å². The number of aryl methyl sites for hydroxylation is 1. The highest BCUT2D eigenvalue weighted by molar-refractivity contribution is 5.94. The summed E-state index contributed by atoms with van der Waals surface area (Å²) in [5.74, 6) is 1.72. The van der Waals surface area contributed by atoms with Crippen LogP contribution in [0.4, 0.5) is 0 Å². The molecule has 0 atom stereocenters. The van der Waals surface area contributed by atoms with Gasteiger partial charge >= 0.3 is 0 Å². The summed E-state index contributed by atoms with van der Waals surface area (Å²) in [5.41, 5.74) is 1.77. The zero-order chi connectivity index (χ0) is 13.1. The highest BCUT2D eigenvalue weighted by atomic mass is 16.5. The molecular formula is C15H21NO2. The van der Waals surface area contributed by atoms with Crippen LogP contribution in [-0.4, -0.2) is 31.0 Å². The van der Waals surface area contributed by atoms with Gasteiger partial charge in [-0.1, -0.05) is 6.92 Å². The van der Waals surface area contributed by atoms with Crippen molar-refractivity contribution in [2.75, 3.05) is 20.2 Å². The van der Waals surface area contributed by atoms with Crippen molar-refractivity contribution in [3.63, 3.8) is 0 Å². The Balaban J connectivity index is 2.11. The predicted molar refractivity (Wildman–Crippen MR) is 72.0 cm³/mol. The molecule has 0 radical (unpaired) electrons. The zero-order valence-corrected chi connectivity index (χ0v) is 11.4. The Morgan fingerprint density at radius 1 is 1.33 bits per heavy atom. The first-order valence-corrected chi connectivity index (χ1v) is 6.55. The SMILES string of the molecule is COc1ccc(C(=O)N2CCC(C)CC2)cc1C. The topological polar surface area (TPSA) is 29.5 Å². The summed E-state index contributed by atoms with van der Waals surface area (Å²) < 4.78 is 5.21. The van der Waals surface area contributed by atoms with Crippen LogP contribution in [0.3, 0.4) is 0 Å². The number of hydrogen-bond acceptors (Lipinski definition) is 2. The molecule has 3 nitrogen and oxygen atoms in total. The zero-order valence-electron chi connectivity index (χ0n) is 11.4. The minimum absolute atomic E-state index is 0.146. The molecule has 0 spiro atoms. The number of likely N-dealkylation sites (tertiary alicyclic amines) is 1. The van der Waals surface area contributed by atoms with Gasteiger partial charge in [0.05, 0.1) is 7.11 Å². The molecule has 0 saturated carbocycles. The molecular weight excluding hydrogens is 226 g/mol. The normalized spacial score (nSPS) is 16.7. The summed E-state index contributed by atoms with van der Waals surface area (Å²) in [5, 5.41) is 0. The largest absolute Gasteiger partial charge is 0.496 e. The van der Waals surface area contributed by atoms with Crippen molar-refractivity contribution in [1.29, 1.82) is 0 Å². The Bertz CT molecular complexity index is 434. The smallest absolute Gasteiger partial charge is 0.253 e. The Kier molecular flexibility index (Phi) is 3.90. The number of methoxy groups -OCH3 is 1. The lowest BCUT2D eigenvalue weighted by molar-refractivity contribution is 0.0697. The number of nitrogens with zero attached hydrogens (tertiary/aromatic N) is 1. The Morgan fingerprint density at radius 3 is 2.56 bits per heavy atom. The molecule has 1 aromatic rings. The number of benzene rings is 1. The van der Waals surface area contributed by atoms with Gasteiger partial charge in [-0.05, 0) is 49.4 Å². The molecule has 0 bridgehead atoms. The summed E-state index contributed by atoms with van der Waals surface area (Å²) in [7, 11) is 1.65. The third-order valence-corrected chi connectivity index (χ3v) is 3.71. The molecule has 1 fully saturated rings. The average molecular weight is 247 g/mol. The van der Waals surface area contributed by atoms with Crippen LogP contribution in [0, 0.1) is 12.8 Å². The van der Waals surface area contributed by atoms with Gasteiger partial charge in [-0.3, -0.25) is 4.79 Å². The van der Waals surface area contributed by atoms with E-state index in [0.717, 1.165) is 48.7 Å². The van der Waals surface area contributed by atoms with E-state index in [2.05, 4.69) is 6.92 Å². The van der Waals surface area contributed by atoms with E-state index in [9.17, 15) is 4.79 Å². The summed E-state index contributed by atoms with van der Waals surface area (Å²) in [6.45, 7) is 5.98. The number of carbonyl (C=O) groups is 1. The van der Waals surface area contributed by atoms with Gasteiger partial charge in [-0.15, -0.1) is 0 Å². The van der Waals surface area contributed by atoms with Gasteiger partial charge in [0.1, 0.15) is 5.75 Å². The van der Waals surface area contributed by atoms with E-state index in [-0.39, 0.29) is 5.91 Å². The van der Waals surface area contributed by atoms with Crippen LogP contribution in [-0.2, 0) is 0 Å². The summed E-state index contributed by atoms with van der Waals surface area (Å²) in [6.07, 6.45) is 2.22. The van der Waals surface area contributed by atoms with E-state index in [1.165, 1.54) is 0 Å². The van der Waals surface area contributed by atoms with Crippen LogP contribution in [0.25, 0.3) is 0 Å². The van der Waals surface area contributed by atoms with Gasteiger partial charge in [0, 0.05) is 18.7 Å². The number of rotatable bonds is 2. The van der Waals surface area contributed by atoms with E-state index in [0.29, 0.717) is 0 Å². The van der Waals surface area contributed by atoms with Crippen molar-refractivity contribution in [3.05, 3.63) is 29.3 Å². The lowest BCUT2D eigenvalue weighted by Crippen LogP contribution is -2.37. The number of piperidine rings is 1. The molecule has 0 aliphatic carbocycles.